The van der Waals surface area contributed by atoms with Gasteiger partial charge in [-0.1, -0.05) is 87.4 Å². The van der Waals surface area contributed by atoms with Crippen molar-refractivity contribution in [1.82, 2.24) is 4.90 Å². The molecule has 0 amide bonds. The Hall–Kier alpha value is -1.93. The molecule has 24 heavy (non-hydrogen) atoms. The topological polar surface area (TPSA) is 20.3 Å². The summed E-state index contributed by atoms with van der Waals surface area (Å²) in [5.74, 6) is 0.203. The Morgan fingerprint density at radius 2 is 1.33 bits per heavy atom. The average Bonchev–Trinajstić information content (AvgIpc) is 2.65. The van der Waals surface area contributed by atoms with Crippen molar-refractivity contribution in [3.63, 3.8) is 0 Å². The highest BCUT2D eigenvalue weighted by Gasteiger charge is 2.27. The van der Waals surface area contributed by atoms with Crippen molar-refractivity contribution < 1.29 is 4.79 Å². The van der Waals surface area contributed by atoms with Gasteiger partial charge in [-0.15, -0.1) is 0 Å². The van der Waals surface area contributed by atoms with Crippen LogP contribution < -0.4 is 0 Å². The molecule has 2 nitrogen and oxygen atoms in total. The molecule has 2 heteroatoms. The molecule has 0 unspecified atom stereocenters. The Kier molecular flexibility index (Phi) is 7.70. The van der Waals surface area contributed by atoms with Crippen molar-refractivity contribution in [3.8, 4) is 0 Å². The van der Waals surface area contributed by atoms with E-state index < -0.39 is 0 Å². The van der Waals surface area contributed by atoms with E-state index >= 15 is 0 Å². The van der Waals surface area contributed by atoms with Crippen molar-refractivity contribution in [2.24, 2.45) is 0 Å². The maximum absolute atomic E-state index is 13.3. The lowest BCUT2D eigenvalue weighted by molar-refractivity contribution is 0.0810. The smallest absolute Gasteiger partial charge is 0.184 e. The number of ketones is 1. The molecule has 0 heterocycles. The molecule has 0 aliphatic heterocycles. The zero-order chi connectivity index (χ0) is 17.2. The molecule has 0 aliphatic carbocycles. The number of unbranched alkanes of at least 4 members (excludes halogenated alkanes) is 2. The van der Waals surface area contributed by atoms with Gasteiger partial charge in [0.25, 0.3) is 0 Å². The number of carbonyl (C=O) groups excluding carboxylic acids is 1. The summed E-state index contributed by atoms with van der Waals surface area (Å²) in [5.41, 5.74) is 1.89. The van der Waals surface area contributed by atoms with Crippen LogP contribution in [0.2, 0.25) is 0 Å². The van der Waals surface area contributed by atoms with Crippen molar-refractivity contribution in [1.29, 1.82) is 0 Å². The van der Waals surface area contributed by atoms with Gasteiger partial charge in [-0.25, -0.2) is 0 Å². The van der Waals surface area contributed by atoms with E-state index in [-0.39, 0.29) is 11.8 Å². The third-order valence-electron chi connectivity index (χ3n) is 4.38. The largest absolute Gasteiger partial charge is 0.292 e. The molecule has 0 saturated carbocycles. The SMILES string of the molecule is CCCCN(CCCC)[C@H](C(=O)c1ccccc1)c1ccccc1. The van der Waals surface area contributed by atoms with Gasteiger partial charge in [-0.05, 0) is 31.5 Å². The Labute approximate surface area is 146 Å². The van der Waals surface area contributed by atoms with Crippen LogP contribution in [0.3, 0.4) is 0 Å². The van der Waals surface area contributed by atoms with Gasteiger partial charge in [0, 0.05) is 5.56 Å². The van der Waals surface area contributed by atoms with Crippen LogP contribution in [0.15, 0.2) is 60.7 Å². The lowest BCUT2D eigenvalue weighted by Gasteiger charge is -2.31. The minimum atomic E-state index is -0.188. The van der Waals surface area contributed by atoms with E-state index in [1.54, 1.807) is 0 Å². The standard InChI is InChI=1S/C22H29NO/c1-3-5-17-23(18-6-4-2)21(19-13-9-7-10-14-19)22(24)20-15-11-8-12-16-20/h7-16,21H,3-6,17-18H2,1-2H3/t21-/m0/s1. The zero-order valence-corrected chi connectivity index (χ0v) is 14.9. The maximum atomic E-state index is 13.3. The minimum Gasteiger partial charge on any atom is -0.292 e. The third-order valence-corrected chi connectivity index (χ3v) is 4.38. The first kappa shape index (κ1) is 18.4. The number of rotatable bonds is 10. The zero-order valence-electron chi connectivity index (χ0n) is 14.9. The van der Waals surface area contributed by atoms with E-state index in [2.05, 4.69) is 30.9 Å². The third kappa shape index (κ3) is 5.04. The molecule has 2 rings (SSSR count). The minimum absolute atomic E-state index is 0.188. The highest BCUT2D eigenvalue weighted by Crippen LogP contribution is 2.26. The van der Waals surface area contributed by atoms with Gasteiger partial charge in [0.15, 0.2) is 5.78 Å². The summed E-state index contributed by atoms with van der Waals surface area (Å²) in [6.45, 7) is 6.34. The van der Waals surface area contributed by atoms with Gasteiger partial charge in [-0.3, -0.25) is 9.69 Å². The first-order valence-corrected chi connectivity index (χ1v) is 9.16. The van der Waals surface area contributed by atoms with Crippen molar-refractivity contribution in [3.05, 3.63) is 71.8 Å². The summed E-state index contributed by atoms with van der Waals surface area (Å²) < 4.78 is 0. The van der Waals surface area contributed by atoms with E-state index in [0.29, 0.717) is 0 Å². The number of Topliss-reactive ketones (excluding diaryl/α,β-unsaturated/α-hetero) is 1. The second-order valence-electron chi connectivity index (χ2n) is 6.29. The van der Waals surface area contributed by atoms with Gasteiger partial charge in [-0.2, -0.15) is 0 Å². The monoisotopic (exact) mass is 323 g/mol. The van der Waals surface area contributed by atoms with Crippen LogP contribution >= 0.6 is 0 Å². The summed E-state index contributed by atoms with van der Waals surface area (Å²) in [7, 11) is 0. The van der Waals surface area contributed by atoms with Gasteiger partial charge in [0.05, 0.1) is 6.04 Å². The van der Waals surface area contributed by atoms with Crippen molar-refractivity contribution >= 4 is 5.78 Å². The molecular formula is C22H29NO. The number of carbonyl (C=O) groups is 1. The molecule has 0 aromatic heterocycles. The van der Waals surface area contributed by atoms with Crippen molar-refractivity contribution in [2.45, 2.75) is 45.6 Å². The molecule has 2 aromatic rings. The molecular weight excluding hydrogens is 294 g/mol. The normalized spacial score (nSPS) is 12.3. The molecule has 1 atom stereocenters. The quantitative estimate of drug-likeness (QED) is 0.537. The number of benzene rings is 2. The molecule has 0 spiro atoms. The van der Waals surface area contributed by atoms with Crippen LogP contribution in [-0.2, 0) is 0 Å². The Bertz CT molecular complexity index is 586. The lowest BCUT2D eigenvalue weighted by atomic mass is 9.95. The molecule has 0 saturated heterocycles. The molecule has 0 N–H and O–H groups in total. The first-order chi connectivity index (χ1) is 11.8. The fraction of sp³-hybridized carbons (Fsp3) is 0.409. The Morgan fingerprint density at radius 3 is 1.83 bits per heavy atom. The van der Waals surface area contributed by atoms with E-state index in [1.807, 2.05) is 48.5 Å². The lowest BCUT2D eigenvalue weighted by Crippen LogP contribution is -2.36. The van der Waals surface area contributed by atoms with Gasteiger partial charge in [0.2, 0.25) is 0 Å². The maximum Gasteiger partial charge on any atom is 0.184 e. The number of hydrogen-bond acceptors (Lipinski definition) is 2. The fourth-order valence-electron chi connectivity index (χ4n) is 3.02. The van der Waals surface area contributed by atoms with Crippen LogP contribution in [0.4, 0.5) is 0 Å². The van der Waals surface area contributed by atoms with E-state index in [4.69, 9.17) is 0 Å². The summed E-state index contributed by atoms with van der Waals surface area (Å²) in [6, 6.07) is 19.7. The van der Waals surface area contributed by atoms with Crippen LogP contribution in [-0.4, -0.2) is 23.8 Å². The highest BCUT2D eigenvalue weighted by atomic mass is 16.1. The average molecular weight is 323 g/mol. The van der Waals surface area contributed by atoms with Gasteiger partial charge < -0.3 is 0 Å². The first-order valence-electron chi connectivity index (χ1n) is 9.16. The summed E-state index contributed by atoms with van der Waals surface area (Å²) in [4.78, 5) is 15.6. The van der Waals surface area contributed by atoms with E-state index in [9.17, 15) is 4.79 Å². The summed E-state index contributed by atoms with van der Waals surface area (Å²) in [5, 5.41) is 0. The van der Waals surface area contributed by atoms with Gasteiger partial charge >= 0.3 is 0 Å². The number of hydrogen-bond donors (Lipinski definition) is 0. The predicted molar refractivity (Wildman–Crippen MR) is 101 cm³/mol. The van der Waals surface area contributed by atoms with Crippen LogP contribution in [0.5, 0.6) is 0 Å². The van der Waals surface area contributed by atoms with E-state index in [0.717, 1.165) is 49.9 Å². The second-order valence-corrected chi connectivity index (χ2v) is 6.29. The highest BCUT2D eigenvalue weighted by molar-refractivity contribution is 6.00. The Balaban J connectivity index is 2.34. The molecule has 128 valence electrons. The molecule has 0 fully saturated rings. The predicted octanol–water partition coefficient (Wildman–Crippen LogP) is 5.51. The molecule has 2 aromatic carbocycles. The molecule has 0 aliphatic rings. The van der Waals surface area contributed by atoms with E-state index in [1.165, 1.54) is 0 Å². The van der Waals surface area contributed by atoms with Crippen LogP contribution in [0.1, 0.15) is 61.5 Å². The van der Waals surface area contributed by atoms with Crippen LogP contribution in [0, 0.1) is 0 Å². The summed E-state index contributed by atoms with van der Waals surface area (Å²) >= 11 is 0. The fourth-order valence-corrected chi connectivity index (χ4v) is 3.02. The van der Waals surface area contributed by atoms with Crippen LogP contribution in [0.25, 0.3) is 0 Å². The van der Waals surface area contributed by atoms with Gasteiger partial charge in [0.1, 0.15) is 0 Å². The molecule has 0 radical (unpaired) electrons. The Morgan fingerprint density at radius 1 is 0.833 bits per heavy atom. The number of nitrogens with zero attached hydrogens (tertiary/aromatic N) is 1. The van der Waals surface area contributed by atoms with Crippen molar-refractivity contribution in [2.75, 3.05) is 13.1 Å². The second kappa shape index (κ2) is 10.0. The molecule has 0 bridgehead atoms. The summed E-state index contributed by atoms with van der Waals surface area (Å²) in [6.07, 6.45) is 4.53.